The number of hydrogen-bond donors (Lipinski definition) is 5. The van der Waals surface area contributed by atoms with Crippen molar-refractivity contribution in [3.8, 4) is 34.1 Å². The van der Waals surface area contributed by atoms with E-state index in [0.717, 1.165) is 24.0 Å². The number of phenolic OH excluding ortho intramolecular Hbond substituents is 3. The highest BCUT2D eigenvalue weighted by Crippen LogP contribution is 2.40. The van der Waals surface area contributed by atoms with Crippen molar-refractivity contribution in [1.82, 2.24) is 0 Å². The van der Waals surface area contributed by atoms with E-state index in [2.05, 4.69) is 0 Å². The molecule has 0 unspecified atom stereocenters. The maximum absolute atomic E-state index is 9.78. The second-order valence-electron chi connectivity index (χ2n) is 6.27. The monoisotopic (exact) mass is 366 g/mol. The summed E-state index contributed by atoms with van der Waals surface area (Å²) in [6.45, 7) is 0.507. The average Bonchev–Trinajstić information content (AvgIpc) is 2.66. The molecule has 0 bridgehead atoms. The summed E-state index contributed by atoms with van der Waals surface area (Å²) in [7, 11) is 0. The fourth-order valence-electron chi connectivity index (χ4n) is 2.82. The lowest BCUT2D eigenvalue weighted by Gasteiger charge is -2.13. The number of ether oxygens (including phenoxy) is 1. The van der Waals surface area contributed by atoms with Gasteiger partial charge in [0, 0.05) is 5.56 Å². The predicted octanol–water partition coefficient (Wildman–Crippen LogP) is 3.65. The Labute approximate surface area is 157 Å². The second-order valence-corrected chi connectivity index (χ2v) is 6.27. The zero-order valence-electron chi connectivity index (χ0n) is 14.7. The van der Waals surface area contributed by atoms with E-state index < -0.39 is 0 Å². The molecule has 0 fully saturated rings. The van der Waals surface area contributed by atoms with Crippen LogP contribution in [0.4, 0.5) is 11.4 Å². The molecule has 3 aromatic rings. The van der Waals surface area contributed by atoms with Crippen molar-refractivity contribution in [3.05, 3.63) is 60.2 Å². The number of aryl methyl sites for hydroxylation is 1. The molecule has 0 atom stereocenters. The number of hydrogen-bond acceptors (Lipinski definition) is 6. The van der Waals surface area contributed by atoms with Gasteiger partial charge in [-0.3, -0.25) is 0 Å². The first-order valence-electron chi connectivity index (χ1n) is 8.56. The van der Waals surface area contributed by atoms with Crippen LogP contribution < -0.4 is 16.2 Å². The molecule has 0 aliphatic rings. The minimum Gasteiger partial charge on any atom is -0.508 e. The van der Waals surface area contributed by atoms with Crippen molar-refractivity contribution in [2.75, 3.05) is 18.1 Å². The van der Waals surface area contributed by atoms with Gasteiger partial charge in [0.05, 0.1) is 18.0 Å². The molecular formula is C21H22N2O4. The normalized spacial score (nSPS) is 10.7. The van der Waals surface area contributed by atoms with Crippen LogP contribution in [0.5, 0.6) is 23.0 Å². The van der Waals surface area contributed by atoms with E-state index in [1.54, 1.807) is 36.4 Å². The number of phenols is 3. The molecule has 27 heavy (non-hydrogen) atoms. The zero-order valence-corrected chi connectivity index (χ0v) is 14.7. The van der Waals surface area contributed by atoms with Crippen LogP contribution in [0.3, 0.4) is 0 Å². The van der Waals surface area contributed by atoms with Gasteiger partial charge in [-0.1, -0.05) is 18.2 Å². The van der Waals surface area contributed by atoms with E-state index in [4.69, 9.17) is 16.2 Å². The molecule has 6 heteroatoms. The van der Waals surface area contributed by atoms with Crippen LogP contribution in [0.1, 0.15) is 12.0 Å². The van der Waals surface area contributed by atoms with Crippen molar-refractivity contribution in [1.29, 1.82) is 0 Å². The first kappa shape index (κ1) is 18.3. The summed E-state index contributed by atoms with van der Waals surface area (Å²) >= 11 is 0. The summed E-state index contributed by atoms with van der Waals surface area (Å²) in [5.74, 6) is 0.218. The second kappa shape index (κ2) is 7.78. The van der Waals surface area contributed by atoms with Crippen molar-refractivity contribution >= 4 is 11.4 Å². The quantitative estimate of drug-likeness (QED) is 0.258. The molecule has 6 nitrogen and oxygen atoms in total. The molecule has 0 spiro atoms. The lowest BCUT2D eigenvalue weighted by Crippen LogP contribution is -2.02. The molecule has 0 saturated carbocycles. The van der Waals surface area contributed by atoms with E-state index in [1.165, 1.54) is 6.07 Å². The van der Waals surface area contributed by atoms with Gasteiger partial charge in [0.25, 0.3) is 0 Å². The maximum atomic E-state index is 9.78. The molecule has 0 aromatic heterocycles. The van der Waals surface area contributed by atoms with Crippen molar-refractivity contribution < 1.29 is 20.1 Å². The van der Waals surface area contributed by atoms with Gasteiger partial charge in [-0.15, -0.1) is 0 Å². The average molecular weight is 366 g/mol. The third kappa shape index (κ3) is 4.17. The minimum absolute atomic E-state index is 0.0944. The van der Waals surface area contributed by atoms with E-state index in [0.29, 0.717) is 23.6 Å². The van der Waals surface area contributed by atoms with Crippen LogP contribution in [0.25, 0.3) is 11.1 Å². The SMILES string of the molecule is Nc1cc(-c2ccc(O)c(O)c2N)ccc1OCCCc1ccc(O)cc1. The lowest BCUT2D eigenvalue weighted by atomic mass is 10.0. The standard InChI is InChI=1S/C21H22N2O4/c22-17-12-14(16-8-9-18(25)21(26)20(16)23)5-10-19(17)27-11-1-2-13-3-6-15(24)7-4-13/h3-10,12,24-26H,1-2,11,22-23H2. The predicted molar refractivity (Wildman–Crippen MR) is 106 cm³/mol. The van der Waals surface area contributed by atoms with Gasteiger partial charge in [-0.2, -0.15) is 0 Å². The van der Waals surface area contributed by atoms with Crippen molar-refractivity contribution in [2.45, 2.75) is 12.8 Å². The minimum atomic E-state index is -0.347. The molecule has 7 N–H and O–H groups in total. The summed E-state index contributed by atoms with van der Waals surface area (Å²) in [5, 5.41) is 28.6. The van der Waals surface area contributed by atoms with Gasteiger partial charge in [-0.05, 0) is 60.4 Å². The Morgan fingerprint density at radius 1 is 0.852 bits per heavy atom. The van der Waals surface area contributed by atoms with Gasteiger partial charge in [-0.25, -0.2) is 0 Å². The largest absolute Gasteiger partial charge is 0.508 e. The number of rotatable bonds is 6. The molecule has 0 saturated heterocycles. The van der Waals surface area contributed by atoms with Gasteiger partial charge >= 0.3 is 0 Å². The Morgan fingerprint density at radius 3 is 2.30 bits per heavy atom. The van der Waals surface area contributed by atoms with Gasteiger partial charge in [0.1, 0.15) is 11.5 Å². The first-order chi connectivity index (χ1) is 13.0. The first-order valence-corrected chi connectivity index (χ1v) is 8.56. The number of nitrogen functional groups attached to an aromatic ring is 2. The van der Waals surface area contributed by atoms with Crippen LogP contribution >= 0.6 is 0 Å². The van der Waals surface area contributed by atoms with Gasteiger partial charge in [0.2, 0.25) is 0 Å². The maximum Gasteiger partial charge on any atom is 0.181 e. The van der Waals surface area contributed by atoms with E-state index in [9.17, 15) is 15.3 Å². The lowest BCUT2D eigenvalue weighted by molar-refractivity contribution is 0.312. The summed E-state index contributed by atoms with van der Waals surface area (Å²) in [6.07, 6.45) is 1.65. The van der Waals surface area contributed by atoms with Crippen molar-refractivity contribution in [2.24, 2.45) is 0 Å². The third-order valence-electron chi connectivity index (χ3n) is 4.32. The van der Waals surface area contributed by atoms with Gasteiger partial charge < -0.3 is 31.5 Å². The highest BCUT2D eigenvalue weighted by atomic mass is 16.5. The molecule has 0 radical (unpaired) electrons. The van der Waals surface area contributed by atoms with Crippen LogP contribution in [-0.2, 0) is 6.42 Å². The number of anilines is 2. The van der Waals surface area contributed by atoms with E-state index >= 15 is 0 Å². The van der Waals surface area contributed by atoms with Crippen LogP contribution in [0, 0.1) is 0 Å². The topological polar surface area (TPSA) is 122 Å². The molecular weight excluding hydrogens is 344 g/mol. The van der Waals surface area contributed by atoms with Crippen LogP contribution in [0.15, 0.2) is 54.6 Å². The number of aromatic hydroxyl groups is 3. The van der Waals surface area contributed by atoms with Crippen LogP contribution in [0.2, 0.25) is 0 Å². The number of nitrogens with two attached hydrogens (primary N) is 2. The molecule has 0 amide bonds. The summed E-state index contributed by atoms with van der Waals surface area (Å²) < 4.78 is 5.75. The van der Waals surface area contributed by atoms with Gasteiger partial charge in [0.15, 0.2) is 11.5 Å². The van der Waals surface area contributed by atoms with E-state index in [-0.39, 0.29) is 22.9 Å². The van der Waals surface area contributed by atoms with Crippen LogP contribution in [-0.4, -0.2) is 21.9 Å². The molecule has 3 rings (SSSR count). The molecule has 3 aromatic carbocycles. The summed E-state index contributed by atoms with van der Waals surface area (Å²) in [4.78, 5) is 0. The van der Waals surface area contributed by atoms with E-state index in [1.807, 2.05) is 12.1 Å². The molecule has 0 aliphatic carbocycles. The zero-order chi connectivity index (χ0) is 19.4. The number of benzene rings is 3. The Bertz CT molecular complexity index is 940. The van der Waals surface area contributed by atoms with Crippen molar-refractivity contribution in [3.63, 3.8) is 0 Å². The summed E-state index contributed by atoms with van der Waals surface area (Å²) in [6, 6.07) is 15.4. The molecule has 0 heterocycles. The Morgan fingerprint density at radius 2 is 1.59 bits per heavy atom. The highest BCUT2D eigenvalue weighted by Gasteiger charge is 2.12. The third-order valence-corrected chi connectivity index (χ3v) is 4.32. The fraction of sp³-hybridized carbons (Fsp3) is 0.143. The Kier molecular flexibility index (Phi) is 5.26. The Hall–Kier alpha value is -3.54. The fourth-order valence-corrected chi connectivity index (χ4v) is 2.82. The highest BCUT2D eigenvalue weighted by molar-refractivity contribution is 5.84. The summed E-state index contributed by atoms with van der Waals surface area (Å²) in [5.41, 5.74) is 14.9. The Balaban J connectivity index is 1.63. The smallest absolute Gasteiger partial charge is 0.181 e. The molecule has 0 aliphatic heterocycles. The molecule has 140 valence electrons.